The topological polar surface area (TPSA) is 124 Å². The van der Waals surface area contributed by atoms with Crippen molar-refractivity contribution in [2.75, 3.05) is 5.75 Å². The lowest BCUT2D eigenvalue weighted by Gasteiger charge is -2.24. The number of aliphatic hydroxyl groups excluding tert-OH is 2. The Labute approximate surface area is 316 Å². The maximum atomic E-state index is 12.6. The van der Waals surface area contributed by atoms with Gasteiger partial charge in [0.05, 0.1) is 17.9 Å². The van der Waals surface area contributed by atoms with Crippen molar-refractivity contribution in [3.63, 3.8) is 0 Å². The van der Waals surface area contributed by atoms with Gasteiger partial charge in [-0.1, -0.05) is 206 Å². The zero-order valence-electron chi connectivity index (χ0n) is 33.6. The summed E-state index contributed by atoms with van der Waals surface area (Å²) < 4.78 is 32.6. The second kappa shape index (κ2) is 37.4. The number of nitrogens with one attached hydrogen (secondary N) is 1. The average molecular weight is 744 g/mol. The maximum absolute atomic E-state index is 12.6. The first-order valence-electron chi connectivity index (χ1n) is 22.0. The van der Waals surface area contributed by atoms with Crippen LogP contribution >= 0.6 is 0 Å². The van der Waals surface area contributed by atoms with E-state index < -0.39 is 40.0 Å². The Kier molecular flexibility index (Phi) is 36.7. The van der Waals surface area contributed by atoms with Crippen LogP contribution in [0.15, 0.2) is 12.2 Å². The molecule has 8 heteroatoms. The summed E-state index contributed by atoms with van der Waals surface area (Å²) in [5.74, 6) is -1.45. The van der Waals surface area contributed by atoms with E-state index in [1.54, 1.807) is 0 Å². The SMILES string of the molecule is CCCCCCCCCC/C=C\CCCCCCCCC(O)C(=O)NC(CS(=O)(=O)O)C(O)CCCCCCCCCCCCCCCCCC. The van der Waals surface area contributed by atoms with Gasteiger partial charge in [-0.15, -0.1) is 0 Å². The highest BCUT2D eigenvalue weighted by molar-refractivity contribution is 7.85. The van der Waals surface area contributed by atoms with E-state index in [0.717, 1.165) is 51.4 Å². The predicted molar refractivity (Wildman–Crippen MR) is 218 cm³/mol. The van der Waals surface area contributed by atoms with Crippen LogP contribution in [0.4, 0.5) is 0 Å². The van der Waals surface area contributed by atoms with Gasteiger partial charge in [0.1, 0.15) is 6.10 Å². The normalized spacial score (nSPS) is 13.9. The Bertz CT molecular complexity index is 880. The molecule has 0 aromatic heterocycles. The van der Waals surface area contributed by atoms with E-state index >= 15 is 0 Å². The van der Waals surface area contributed by atoms with E-state index in [1.165, 1.54) is 148 Å². The Morgan fingerprint density at radius 1 is 0.510 bits per heavy atom. The molecule has 7 nitrogen and oxygen atoms in total. The minimum absolute atomic E-state index is 0.293. The van der Waals surface area contributed by atoms with Gasteiger partial charge in [-0.3, -0.25) is 9.35 Å². The lowest BCUT2D eigenvalue weighted by Crippen LogP contribution is -2.50. The van der Waals surface area contributed by atoms with Gasteiger partial charge < -0.3 is 15.5 Å². The molecule has 0 heterocycles. The van der Waals surface area contributed by atoms with Crippen molar-refractivity contribution in [2.45, 2.75) is 250 Å². The summed E-state index contributed by atoms with van der Waals surface area (Å²) in [4.78, 5) is 12.6. The minimum Gasteiger partial charge on any atom is -0.391 e. The first-order valence-corrected chi connectivity index (χ1v) is 23.6. The third kappa shape index (κ3) is 37.2. The van der Waals surface area contributed by atoms with Gasteiger partial charge in [0, 0.05) is 0 Å². The number of aliphatic hydroxyl groups is 2. The van der Waals surface area contributed by atoms with Crippen molar-refractivity contribution in [3.8, 4) is 0 Å². The Morgan fingerprint density at radius 3 is 1.18 bits per heavy atom. The second-order valence-corrected chi connectivity index (χ2v) is 17.0. The van der Waals surface area contributed by atoms with E-state index in [4.69, 9.17) is 0 Å². The molecule has 0 saturated carbocycles. The van der Waals surface area contributed by atoms with Crippen LogP contribution in [0.25, 0.3) is 0 Å². The lowest BCUT2D eigenvalue weighted by molar-refractivity contribution is -0.131. The molecule has 0 aliphatic carbocycles. The third-order valence-electron chi connectivity index (χ3n) is 10.3. The molecule has 0 aromatic rings. The quantitative estimate of drug-likeness (QED) is 0.0281. The van der Waals surface area contributed by atoms with Gasteiger partial charge in [-0.2, -0.15) is 8.42 Å². The standard InChI is InChI=1S/C43H85NO6S/c1-3-5-7-9-11-13-15-17-19-21-22-24-26-28-30-32-34-36-38-42(46)43(47)44-40(39-51(48,49)50)41(45)37-35-33-31-29-27-25-23-20-18-16-14-12-10-8-6-4-2/h21-22,40-42,45-46H,3-20,23-39H2,1-2H3,(H,44,47)(H,48,49,50)/b22-21-. The van der Waals surface area contributed by atoms with E-state index in [2.05, 4.69) is 31.3 Å². The molecule has 0 aromatic carbocycles. The summed E-state index contributed by atoms with van der Waals surface area (Å²) >= 11 is 0. The minimum atomic E-state index is -4.41. The van der Waals surface area contributed by atoms with Crippen LogP contribution in [-0.2, 0) is 14.9 Å². The Hall–Kier alpha value is -0.960. The molecular weight excluding hydrogens is 659 g/mol. The largest absolute Gasteiger partial charge is 0.391 e. The number of carbonyl (C=O) groups is 1. The number of carbonyl (C=O) groups excluding carboxylic acids is 1. The smallest absolute Gasteiger partial charge is 0.266 e. The van der Waals surface area contributed by atoms with Crippen molar-refractivity contribution < 1.29 is 28.0 Å². The van der Waals surface area contributed by atoms with E-state index in [9.17, 15) is 28.0 Å². The van der Waals surface area contributed by atoms with Gasteiger partial charge in [-0.05, 0) is 38.5 Å². The van der Waals surface area contributed by atoms with Gasteiger partial charge >= 0.3 is 0 Å². The molecule has 3 atom stereocenters. The summed E-state index contributed by atoms with van der Waals surface area (Å²) in [6, 6.07) is -1.15. The molecule has 3 unspecified atom stereocenters. The van der Waals surface area contributed by atoms with Gasteiger partial charge in [0.2, 0.25) is 5.91 Å². The summed E-state index contributed by atoms with van der Waals surface area (Å²) in [6.45, 7) is 4.52. The first-order chi connectivity index (χ1) is 24.7. The second-order valence-electron chi connectivity index (χ2n) is 15.5. The van der Waals surface area contributed by atoms with Crippen molar-refractivity contribution in [1.82, 2.24) is 5.32 Å². The van der Waals surface area contributed by atoms with Crippen LogP contribution in [0.1, 0.15) is 232 Å². The van der Waals surface area contributed by atoms with Crippen LogP contribution in [0.5, 0.6) is 0 Å². The summed E-state index contributed by atoms with van der Waals surface area (Å²) in [5, 5.41) is 23.6. The third-order valence-corrected chi connectivity index (χ3v) is 11.1. The van der Waals surface area contributed by atoms with E-state index in [0.29, 0.717) is 19.3 Å². The molecule has 0 rings (SSSR count). The summed E-state index contributed by atoms with van der Waals surface area (Å²) in [7, 11) is -4.41. The number of allylic oxidation sites excluding steroid dienone is 2. The highest BCUT2D eigenvalue weighted by Gasteiger charge is 2.28. The van der Waals surface area contributed by atoms with Crippen molar-refractivity contribution in [2.24, 2.45) is 0 Å². The molecular formula is C43H85NO6S. The number of hydrogen-bond acceptors (Lipinski definition) is 5. The van der Waals surface area contributed by atoms with Crippen LogP contribution in [-0.4, -0.2) is 53.1 Å². The molecule has 4 N–H and O–H groups in total. The monoisotopic (exact) mass is 744 g/mol. The predicted octanol–water partition coefficient (Wildman–Crippen LogP) is 11.9. The van der Waals surface area contributed by atoms with Crippen LogP contribution in [0.2, 0.25) is 0 Å². The fraction of sp³-hybridized carbons (Fsp3) is 0.930. The molecule has 0 bridgehead atoms. The molecule has 0 saturated heterocycles. The van der Waals surface area contributed by atoms with E-state index in [1.807, 2.05) is 0 Å². The van der Waals surface area contributed by atoms with Crippen LogP contribution < -0.4 is 5.32 Å². The molecule has 0 aliphatic heterocycles. The van der Waals surface area contributed by atoms with E-state index in [-0.39, 0.29) is 0 Å². The average Bonchev–Trinajstić information content (AvgIpc) is 3.09. The highest BCUT2D eigenvalue weighted by Crippen LogP contribution is 2.16. The van der Waals surface area contributed by atoms with Crippen LogP contribution in [0.3, 0.4) is 0 Å². The maximum Gasteiger partial charge on any atom is 0.266 e. The van der Waals surface area contributed by atoms with Gasteiger partial charge in [0.25, 0.3) is 10.1 Å². The molecule has 51 heavy (non-hydrogen) atoms. The van der Waals surface area contributed by atoms with Crippen LogP contribution in [0, 0.1) is 0 Å². The van der Waals surface area contributed by atoms with Crippen molar-refractivity contribution >= 4 is 16.0 Å². The molecule has 0 spiro atoms. The fourth-order valence-corrected chi connectivity index (χ4v) is 7.69. The number of hydrogen-bond donors (Lipinski definition) is 4. The van der Waals surface area contributed by atoms with Gasteiger partial charge in [-0.25, -0.2) is 0 Å². The number of unbranched alkanes of at least 4 members (excludes halogenated alkanes) is 29. The summed E-state index contributed by atoms with van der Waals surface area (Å²) in [6.07, 6.45) is 42.2. The van der Waals surface area contributed by atoms with Gasteiger partial charge in [0.15, 0.2) is 0 Å². The number of amides is 1. The summed E-state index contributed by atoms with van der Waals surface area (Å²) in [5.41, 5.74) is 0. The Balaban J connectivity index is 3.94. The van der Waals surface area contributed by atoms with Crippen molar-refractivity contribution in [3.05, 3.63) is 12.2 Å². The zero-order chi connectivity index (χ0) is 37.7. The molecule has 0 radical (unpaired) electrons. The first kappa shape index (κ1) is 50.0. The Morgan fingerprint density at radius 2 is 0.824 bits per heavy atom. The molecule has 0 aliphatic rings. The fourth-order valence-electron chi connectivity index (χ4n) is 6.93. The molecule has 0 fully saturated rings. The zero-order valence-corrected chi connectivity index (χ0v) is 34.4. The molecule has 304 valence electrons. The highest BCUT2D eigenvalue weighted by atomic mass is 32.2. The van der Waals surface area contributed by atoms with Crippen molar-refractivity contribution in [1.29, 1.82) is 0 Å². The number of rotatable bonds is 40. The lowest BCUT2D eigenvalue weighted by atomic mass is 10.0. The molecule has 1 amide bonds.